The quantitative estimate of drug-likeness (QED) is 0.861. The number of rotatable bonds is 1. The number of halogens is 3. The molecule has 1 N–H and O–H groups in total. The number of aromatic amines is 1. The minimum Gasteiger partial charge on any atom is -0.444 e. The molecule has 8 heteroatoms. The predicted molar refractivity (Wildman–Crippen MR) is 73.4 cm³/mol. The molecular formula is C14H20F3N3O2. The Morgan fingerprint density at radius 1 is 1.41 bits per heavy atom. The third kappa shape index (κ3) is 4.14. The summed E-state index contributed by atoms with van der Waals surface area (Å²) in [6.45, 7) is 6.20. The number of amides is 1. The predicted octanol–water partition coefficient (Wildman–Crippen LogP) is 3.54. The molecule has 1 aromatic rings. The van der Waals surface area contributed by atoms with Gasteiger partial charge >= 0.3 is 12.3 Å². The van der Waals surface area contributed by atoms with Gasteiger partial charge in [-0.15, -0.1) is 0 Å². The van der Waals surface area contributed by atoms with Crippen molar-refractivity contribution in [1.29, 1.82) is 0 Å². The fourth-order valence-corrected chi connectivity index (χ4v) is 2.41. The fraction of sp³-hybridized carbons (Fsp3) is 0.714. The highest BCUT2D eigenvalue weighted by molar-refractivity contribution is 5.68. The molecule has 0 saturated carbocycles. The highest BCUT2D eigenvalue weighted by atomic mass is 19.4. The highest BCUT2D eigenvalue weighted by Crippen LogP contribution is 2.32. The van der Waals surface area contributed by atoms with Crippen molar-refractivity contribution < 1.29 is 22.7 Å². The molecule has 1 aromatic heterocycles. The van der Waals surface area contributed by atoms with Crippen LogP contribution in [0.5, 0.6) is 0 Å². The van der Waals surface area contributed by atoms with Gasteiger partial charge in [-0.2, -0.15) is 18.3 Å². The van der Waals surface area contributed by atoms with Crippen LogP contribution >= 0.6 is 0 Å². The molecule has 1 amide bonds. The van der Waals surface area contributed by atoms with E-state index in [1.807, 2.05) is 0 Å². The van der Waals surface area contributed by atoms with E-state index in [9.17, 15) is 18.0 Å². The fourth-order valence-electron chi connectivity index (χ4n) is 2.41. The molecule has 5 nitrogen and oxygen atoms in total. The van der Waals surface area contributed by atoms with Crippen LogP contribution in [0.3, 0.4) is 0 Å². The van der Waals surface area contributed by atoms with Gasteiger partial charge in [0.1, 0.15) is 5.60 Å². The van der Waals surface area contributed by atoms with Gasteiger partial charge in [-0.3, -0.25) is 5.10 Å². The van der Waals surface area contributed by atoms with Crippen LogP contribution in [0.4, 0.5) is 18.0 Å². The lowest BCUT2D eigenvalue weighted by atomic mass is 9.95. The Bertz CT molecular complexity index is 534. The number of aromatic nitrogens is 2. The summed E-state index contributed by atoms with van der Waals surface area (Å²) in [7, 11) is 0. The first-order valence-electron chi connectivity index (χ1n) is 7.17. The van der Waals surface area contributed by atoms with Crippen LogP contribution in [-0.2, 0) is 10.9 Å². The Morgan fingerprint density at radius 3 is 2.64 bits per heavy atom. The number of carbonyl (C=O) groups excluding carboxylic acids is 1. The molecule has 0 spiro atoms. The number of hydrogen-bond acceptors (Lipinski definition) is 3. The van der Waals surface area contributed by atoms with E-state index in [4.69, 9.17) is 4.74 Å². The second-order valence-corrected chi connectivity index (χ2v) is 6.47. The maximum absolute atomic E-state index is 12.6. The van der Waals surface area contributed by atoms with Gasteiger partial charge in [0.25, 0.3) is 0 Å². The van der Waals surface area contributed by atoms with E-state index in [2.05, 4.69) is 10.2 Å². The molecule has 22 heavy (non-hydrogen) atoms. The van der Waals surface area contributed by atoms with Crippen molar-refractivity contribution in [3.8, 4) is 0 Å². The number of nitrogens with one attached hydrogen (secondary N) is 1. The Labute approximate surface area is 126 Å². The number of likely N-dealkylation sites (tertiary alicyclic amines) is 1. The normalized spacial score (nSPS) is 20.1. The first kappa shape index (κ1) is 16.6. The SMILES string of the molecule is CC(C)(C)OC(=O)N1CCC[C@@H](c2cc(C(F)(F)F)n[nH]2)C1. The molecule has 1 atom stereocenters. The van der Waals surface area contributed by atoms with Crippen molar-refractivity contribution in [2.75, 3.05) is 13.1 Å². The van der Waals surface area contributed by atoms with Gasteiger partial charge in [-0.25, -0.2) is 4.79 Å². The van der Waals surface area contributed by atoms with E-state index in [-0.39, 0.29) is 5.92 Å². The minimum absolute atomic E-state index is 0.190. The third-order valence-corrected chi connectivity index (χ3v) is 3.40. The number of H-pyrrole nitrogens is 1. The number of piperidine rings is 1. The summed E-state index contributed by atoms with van der Waals surface area (Å²) < 4.78 is 43.1. The topological polar surface area (TPSA) is 58.2 Å². The lowest BCUT2D eigenvalue weighted by molar-refractivity contribution is -0.141. The minimum atomic E-state index is -4.46. The third-order valence-electron chi connectivity index (χ3n) is 3.40. The van der Waals surface area contributed by atoms with E-state index < -0.39 is 23.6 Å². The second kappa shape index (κ2) is 5.81. The van der Waals surface area contributed by atoms with Crippen LogP contribution in [0.2, 0.25) is 0 Å². The summed E-state index contributed by atoms with van der Waals surface area (Å²) in [4.78, 5) is 13.6. The summed E-state index contributed by atoms with van der Waals surface area (Å²) in [5, 5.41) is 5.75. The van der Waals surface area contributed by atoms with Crippen LogP contribution in [0, 0.1) is 0 Å². The standard InChI is InChI=1S/C14H20F3N3O2/c1-13(2,3)22-12(21)20-6-4-5-9(8-20)10-7-11(19-18-10)14(15,16)17/h7,9H,4-6,8H2,1-3H3,(H,18,19)/t9-/m1/s1. The van der Waals surface area contributed by atoms with Gasteiger partial charge in [0.2, 0.25) is 0 Å². The first-order valence-corrected chi connectivity index (χ1v) is 7.17. The van der Waals surface area contributed by atoms with Gasteiger partial charge < -0.3 is 9.64 Å². The molecule has 124 valence electrons. The summed E-state index contributed by atoms with van der Waals surface area (Å²) in [5.74, 6) is -0.190. The number of carbonyl (C=O) groups is 1. The van der Waals surface area contributed by atoms with E-state index in [1.165, 1.54) is 4.90 Å². The van der Waals surface area contributed by atoms with E-state index in [0.717, 1.165) is 6.07 Å². The van der Waals surface area contributed by atoms with Gasteiger partial charge in [0.05, 0.1) is 0 Å². The summed E-state index contributed by atoms with van der Waals surface area (Å²) in [6, 6.07) is 1.02. The average Bonchev–Trinajstić information content (AvgIpc) is 2.86. The molecule has 0 unspecified atom stereocenters. The Kier molecular flexibility index (Phi) is 4.39. The van der Waals surface area contributed by atoms with Crippen LogP contribution in [0.1, 0.15) is 50.9 Å². The molecular weight excluding hydrogens is 299 g/mol. The first-order chi connectivity index (χ1) is 10.1. The Hall–Kier alpha value is -1.73. The molecule has 0 bridgehead atoms. The summed E-state index contributed by atoms with van der Waals surface area (Å²) in [5.41, 5.74) is -1.13. The Morgan fingerprint density at radius 2 is 2.09 bits per heavy atom. The van der Waals surface area contributed by atoms with Gasteiger partial charge in [0, 0.05) is 24.7 Å². The van der Waals surface area contributed by atoms with Crippen molar-refractivity contribution in [3.63, 3.8) is 0 Å². The molecule has 1 aliphatic rings. The molecule has 0 aromatic carbocycles. The lowest BCUT2D eigenvalue weighted by Gasteiger charge is -2.33. The van der Waals surface area contributed by atoms with Crippen LogP contribution in [0.25, 0.3) is 0 Å². The molecule has 1 aliphatic heterocycles. The van der Waals surface area contributed by atoms with E-state index >= 15 is 0 Å². The molecule has 2 heterocycles. The average molecular weight is 319 g/mol. The molecule has 0 aliphatic carbocycles. The number of alkyl halides is 3. The zero-order chi connectivity index (χ0) is 16.5. The van der Waals surface area contributed by atoms with Gasteiger partial charge in [-0.05, 0) is 39.7 Å². The Balaban J connectivity index is 2.04. The number of hydrogen-bond donors (Lipinski definition) is 1. The van der Waals surface area contributed by atoms with Crippen molar-refractivity contribution in [2.24, 2.45) is 0 Å². The van der Waals surface area contributed by atoms with Crippen LogP contribution < -0.4 is 0 Å². The maximum Gasteiger partial charge on any atom is 0.435 e. The largest absolute Gasteiger partial charge is 0.444 e. The molecule has 1 saturated heterocycles. The number of ether oxygens (including phenoxy) is 1. The molecule has 2 rings (SSSR count). The summed E-state index contributed by atoms with van der Waals surface area (Å²) in [6.07, 6.45) is -3.48. The zero-order valence-corrected chi connectivity index (χ0v) is 12.8. The van der Waals surface area contributed by atoms with Crippen molar-refractivity contribution in [3.05, 3.63) is 17.5 Å². The molecule has 1 fully saturated rings. The van der Waals surface area contributed by atoms with E-state index in [0.29, 0.717) is 31.6 Å². The van der Waals surface area contributed by atoms with Crippen molar-refractivity contribution in [1.82, 2.24) is 15.1 Å². The zero-order valence-electron chi connectivity index (χ0n) is 12.8. The van der Waals surface area contributed by atoms with Gasteiger partial charge in [0.15, 0.2) is 5.69 Å². The number of nitrogens with zero attached hydrogens (tertiary/aromatic N) is 2. The monoisotopic (exact) mass is 319 g/mol. The second-order valence-electron chi connectivity index (χ2n) is 6.47. The van der Waals surface area contributed by atoms with Crippen LogP contribution in [-0.4, -0.2) is 39.9 Å². The van der Waals surface area contributed by atoms with E-state index in [1.54, 1.807) is 20.8 Å². The van der Waals surface area contributed by atoms with Gasteiger partial charge in [-0.1, -0.05) is 0 Å². The lowest BCUT2D eigenvalue weighted by Crippen LogP contribution is -2.42. The summed E-state index contributed by atoms with van der Waals surface area (Å²) >= 11 is 0. The van der Waals surface area contributed by atoms with Crippen LogP contribution in [0.15, 0.2) is 6.07 Å². The van der Waals surface area contributed by atoms with Crippen molar-refractivity contribution in [2.45, 2.75) is 51.3 Å². The highest BCUT2D eigenvalue weighted by Gasteiger charge is 2.35. The maximum atomic E-state index is 12.6. The molecule has 0 radical (unpaired) electrons. The smallest absolute Gasteiger partial charge is 0.435 e. The van der Waals surface area contributed by atoms with Crippen molar-refractivity contribution >= 4 is 6.09 Å².